The Balaban J connectivity index is 1.34. The van der Waals surface area contributed by atoms with E-state index >= 15 is 0 Å². The van der Waals surface area contributed by atoms with E-state index in [9.17, 15) is 4.79 Å². The topological polar surface area (TPSA) is 49.3 Å². The fraction of sp³-hybridized carbons (Fsp3) is 0.286. The highest BCUT2D eigenvalue weighted by Crippen LogP contribution is 2.23. The standard InChI is InChI=1S/C21H22N4OS/c1-16-4-2-6-19(12-16)24-8-10-25(11-9-24)20(26)13-18-15-27-21(23-18)17-5-3-7-22-14-17/h2-7,12,14-15H,8-11,13H2,1H3. The van der Waals surface area contributed by atoms with Gasteiger partial charge in [0.25, 0.3) is 0 Å². The number of aryl methyl sites for hydroxylation is 1. The minimum Gasteiger partial charge on any atom is -0.368 e. The van der Waals surface area contributed by atoms with Gasteiger partial charge in [0, 0.05) is 55.2 Å². The lowest BCUT2D eigenvalue weighted by molar-refractivity contribution is -0.130. The lowest BCUT2D eigenvalue weighted by atomic mass is 10.2. The van der Waals surface area contributed by atoms with Crippen LogP contribution in [0.2, 0.25) is 0 Å². The molecule has 1 amide bonds. The smallest absolute Gasteiger partial charge is 0.228 e. The van der Waals surface area contributed by atoms with Gasteiger partial charge in [-0.1, -0.05) is 12.1 Å². The summed E-state index contributed by atoms with van der Waals surface area (Å²) in [7, 11) is 0. The summed E-state index contributed by atoms with van der Waals surface area (Å²) in [4.78, 5) is 25.7. The highest BCUT2D eigenvalue weighted by molar-refractivity contribution is 7.13. The third kappa shape index (κ3) is 4.17. The van der Waals surface area contributed by atoms with Gasteiger partial charge >= 0.3 is 0 Å². The van der Waals surface area contributed by atoms with Crippen molar-refractivity contribution in [3.8, 4) is 10.6 Å². The summed E-state index contributed by atoms with van der Waals surface area (Å²) < 4.78 is 0. The van der Waals surface area contributed by atoms with Crippen molar-refractivity contribution in [2.75, 3.05) is 31.1 Å². The molecule has 27 heavy (non-hydrogen) atoms. The molecule has 1 aromatic carbocycles. The molecule has 138 valence electrons. The number of amides is 1. The fourth-order valence-electron chi connectivity index (χ4n) is 3.32. The molecule has 2 aromatic heterocycles. The molecule has 1 fully saturated rings. The summed E-state index contributed by atoms with van der Waals surface area (Å²) in [5.74, 6) is 0.155. The van der Waals surface area contributed by atoms with Crippen LogP contribution >= 0.6 is 11.3 Å². The summed E-state index contributed by atoms with van der Waals surface area (Å²) in [6.45, 7) is 5.36. The highest BCUT2D eigenvalue weighted by Gasteiger charge is 2.22. The molecule has 0 aliphatic carbocycles. The van der Waals surface area contributed by atoms with Gasteiger partial charge in [0.05, 0.1) is 12.1 Å². The van der Waals surface area contributed by atoms with E-state index < -0.39 is 0 Å². The van der Waals surface area contributed by atoms with E-state index in [1.165, 1.54) is 11.3 Å². The van der Waals surface area contributed by atoms with Crippen LogP contribution in [0, 0.1) is 6.92 Å². The predicted octanol–water partition coefficient (Wildman–Crippen LogP) is 3.40. The minimum absolute atomic E-state index is 0.155. The zero-order valence-electron chi connectivity index (χ0n) is 15.3. The third-order valence-corrected chi connectivity index (χ3v) is 5.73. The Bertz CT molecular complexity index is 917. The Kier molecular flexibility index (Phi) is 5.16. The summed E-state index contributed by atoms with van der Waals surface area (Å²) in [6.07, 6.45) is 3.91. The average Bonchev–Trinajstić information content (AvgIpc) is 3.17. The zero-order chi connectivity index (χ0) is 18.6. The quantitative estimate of drug-likeness (QED) is 0.698. The second-order valence-corrected chi connectivity index (χ2v) is 7.63. The summed E-state index contributed by atoms with van der Waals surface area (Å²) in [5.41, 5.74) is 4.33. The number of thiazole rings is 1. The number of aromatic nitrogens is 2. The highest BCUT2D eigenvalue weighted by atomic mass is 32.1. The van der Waals surface area contributed by atoms with Crippen LogP contribution in [0.4, 0.5) is 5.69 Å². The van der Waals surface area contributed by atoms with Crippen molar-refractivity contribution in [3.05, 3.63) is 65.4 Å². The molecule has 3 heterocycles. The SMILES string of the molecule is Cc1cccc(N2CCN(C(=O)Cc3csc(-c4cccnc4)n3)CC2)c1. The van der Waals surface area contributed by atoms with E-state index in [-0.39, 0.29) is 5.91 Å². The molecule has 0 atom stereocenters. The van der Waals surface area contributed by atoms with Crippen molar-refractivity contribution < 1.29 is 4.79 Å². The minimum atomic E-state index is 0.155. The lowest BCUT2D eigenvalue weighted by Gasteiger charge is -2.36. The summed E-state index contributed by atoms with van der Waals surface area (Å²) in [6, 6.07) is 12.4. The number of rotatable bonds is 4. The number of benzene rings is 1. The van der Waals surface area contributed by atoms with E-state index in [1.54, 1.807) is 23.7 Å². The number of carbonyl (C=O) groups is 1. The number of hydrogen-bond acceptors (Lipinski definition) is 5. The van der Waals surface area contributed by atoms with Crippen molar-refractivity contribution >= 4 is 22.9 Å². The first kappa shape index (κ1) is 17.7. The number of carbonyl (C=O) groups excluding carboxylic acids is 1. The monoisotopic (exact) mass is 378 g/mol. The van der Waals surface area contributed by atoms with Crippen LogP contribution in [0.5, 0.6) is 0 Å². The van der Waals surface area contributed by atoms with Gasteiger partial charge in [-0.15, -0.1) is 11.3 Å². The number of piperazine rings is 1. The van der Waals surface area contributed by atoms with Crippen molar-refractivity contribution in [1.29, 1.82) is 0 Å². The largest absolute Gasteiger partial charge is 0.368 e. The maximum Gasteiger partial charge on any atom is 0.228 e. The molecule has 0 radical (unpaired) electrons. The van der Waals surface area contributed by atoms with Gasteiger partial charge in [-0.2, -0.15) is 0 Å². The molecular weight excluding hydrogens is 356 g/mol. The Hall–Kier alpha value is -2.73. The van der Waals surface area contributed by atoms with Crippen molar-refractivity contribution in [2.45, 2.75) is 13.3 Å². The average molecular weight is 379 g/mol. The second kappa shape index (κ2) is 7.88. The summed E-state index contributed by atoms with van der Waals surface area (Å²) in [5, 5.41) is 2.89. The van der Waals surface area contributed by atoms with Gasteiger partial charge in [0.1, 0.15) is 5.01 Å². The van der Waals surface area contributed by atoms with Crippen LogP contribution in [0.1, 0.15) is 11.3 Å². The number of hydrogen-bond donors (Lipinski definition) is 0. The molecule has 0 saturated carbocycles. The molecule has 6 heteroatoms. The first-order chi connectivity index (χ1) is 13.2. The van der Waals surface area contributed by atoms with Crippen LogP contribution in [0.25, 0.3) is 10.6 Å². The van der Waals surface area contributed by atoms with Crippen molar-refractivity contribution in [3.63, 3.8) is 0 Å². The maximum absolute atomic E-state index is 12.7. The molecule has 4 rings (SSSR count). The second-order valence-electron chi connectivity index (χ2n) is 6.77. The molecular formula is C21H22N4OS. The third-order valence-electron chi connectivity index (χ3n) is 4.79. The van der Waals surface area contributed by atoms with Gasteiger partial charge in [-0.05, 0) is 36.8 Å². The molecule has 0 unspecified atom stereocenters. The molecule has 0 N–H and O–H groups in total. The van der Waals surface area contributed by atoms with Gasteiger partial charge in [0.2, 0.25) is 5.91 Å². The molecule has 0 spiro atoms. The van der Waals surface area contributed by atoms with Crippen LogP contribution in [-0.2, 0) is 11.2 Å². The molecule has 3 aromatic rings. The molecule has 1 saturated heterocycles. The first-order valence-corrected chi connectivity index (χ1v) is 10.0. The Labute approximate surface area is 163 Å². The van der Waals surface area contributed by atoms with Crippen molar-refractivity contribution in [1.82, 2.24) is 14.9 Å². The van der Waals surface area contributed by atoms with E-state index in [0.29, 0.717) is 6.42 Å². The maximum atomic E-state index is 12.7. The van der Waals surface area contributed by atoms with Crippen LogP contribution in [-0.4, -0.2) is 47.0 Å². The Morgan fingerprint density at radius 1 is 1.15 bits per heavy atom. The van der Waals surface area contributed by atoms with Crippen LogP contribution in [0.3, 0.4) is 0 Å². The van der Waals surface area contributed by atoms with Gasteiger partial charge in [-0.3, -0.25) is 9.78 Å². The number of pyridine rings is 1. The van der Waals surface area contributed by atoms with E-state index in [0.717, 1.165) is 42.4 Å². The van der Waals surface area contributed by atoms with Crippen LogP contribution < -0.4 is 4.90 Å². The normalized spacial score (nSPS) is 14.4. The van der Waals surface area contributed by atoms with E-state index in [2.05, 4.69) is 46.1 Å². The van der Waals surface area contributed by atoms with Gasteiger partial charge in [0.15, 0.2) is 0 Å². The van der Waals surface area contributed by atoms with Crippen molar-refractivity contribution in [2.24, 2.45) is 0 Å². The van der Waals surface area contributed by atoms with E-state index in [4.69, 9.17) is 0 Å². The van der Waals surface area contributed by atoms with Gasteiger partial charge < -0.3 is 9.80 Å². The molecule has 1 aliphatic rings. The number of nitrogens with zero attached hydrogens (tertiary/aromatic N) is 4. The molecule has 1 aliphatic heterocycles. The Morgan fingerprint density at radius 2 is 2.00 bits per heavy atom. The lowest BCUT2D eigenvalue weighted by Crippen LogP contribution is -2.49. The fourth-order valence-corrected chi connectivity index (χ4v) is 4.13. The van der Waals surface area contributed by atoms with Crippen LogP contribution in [0.15, 0.2) is 54.2 Å². The zero-order valence-corrected chi connectivity index (χ0v) is 16.2. The predicted molar refractivity (Wildman–Crippen MR) is 109 cm³/mol. The molecule has 5 nitrogen and oxygen atoms in total. The van der Waals surface area contributed by atoms with E-state index in [1.807, 2.05) is 22.4 Å². The van der Waals surface area contributed by atoms with Gasteiger partial charge in [-0.25, -0.2) is 4.98 Å². The Morgan fingerprint density at radius 3 is 2.74 bits per heavy atom. The summed E-state index contributed by atoms with van der Waals surface area (Å²) >= 11 is 1.56. The first-order valence-electron chi connectivity index (χ1n) is 9.13. The number of anilines is 1. The molecule has 0 bridgehead atoms.